The predicted octanol–water partition coefficient (Wildman–Crippen LogP) is -1.74. The number of hydrogen-bond donors (Lipinski definition) is 4. The van der Waals surface area contributed by atoms with Crippen molar-refractivity contribution in [1.29, 1.82) is 0 Å². The van der Waals surface area contributed by atoms with Gasteiger partial charge in [0.2, 0.25) is 0 Å². The Balaban J connectivity index is 3.17. The zero-order valence-electron chi connectivity index (χ0n) is 2.70. The fraction of sp³-hybridized carbons (Fsp3) is 0. The van der Waals surface area contributed by atoms with E-state index < -0.39 is 9.05 Å². The Morgan fingerprint density at radius 2 is 1.50 bits per heavy atom. The molecule has 0 aromatic carbocycles. The van der Waals surface area contributed by atoms with Gasteiger partial charge in [-0.3, -0.25) is 3.87 Å². The van der Waals surface area contributed by atoms with Gasteiger partial charge in [0.1, 0.15) is 0 Å². The third-order valence-electron chi connectivity index (χ3n) is 0.122. The predicted molar refractivity (Wildman–Crippen MR) is 22.5 cm³/mol. The van der Waals surface area contributed by atoms with Gasteiger partial charge in [0.15, 0.2) is 0 Å². The molecule has 0 rings (SSSR count). The average Bonchev–Trinajstić information content (AvgIpc) is 1.35. The molecule has 0 unspecified atom stereocenters. The van der Waals surface area contributed by atoms with Crippen molar-refractivity contribution in [2.75, 3.05) is 0 Å². The molecule has 0 atom stereocenters. The Morgan fingerprint density at radius 3 is 1.50 bits per heavy atom. The molecule has 0 bridgehead atoms. The van der Waals surface area contributed by atoms with Crippen LogP contribution in [0.2, 0.25) is 0 Å². The van der Waals surface area contributed by atoms with E-state index in [-0.39, 0.29) is 0 Å². The summed E-state index contributed by atoms with van der Waals surface area (Å²) in [6.45, 7) is 0. The topological polar surface area (TPSA) is 69.9 Å². The third kappa shape index (κ3) is 4.41. The summed E-state index contributed by atoms with van der Waals surface area (Å²) in [6.07, 6.45) is 0. The van der Waals surface area contributed by atoms with Crippen LogP contribution in [-0.4, -0.2) is 23.4 Å². The van der Waals surface area contributed by atoms with E-state index in [1.54, 1.807) is 0 Å². The first-order valence-electron chi connectivity index (χ1n) is 1.06. The summed E-state index contributed by atoms with van der Waals surface area (Å²) < 4.78 is 3.44. The van der Waals surface area contributed by atoms with E-state index in [9.17, 15) is 0 Å². The first-order chi connectivity index (χ1) is 2.56. The monoisotopic (exact) mass is 128 g/mol. The van der Waals surface area contributed by atoms with Crippen LogP contribution in [0.5, 0.6) is 0 Å². The normalized spacial score (nSPS) is 12.0. The van der Waals surface area contributed by atoms with Crippen LogP contribution in [0.1, 0.15) is 0 Å². The maximum absolute atomic E-state index is 7.78. The van der Waals surface area contributed by atoms with E-state index in [0.717, 1.165) is 0 Å². The van der Waals surface area contributed by atoms with Gasteiger partial charge < -0.3 is 14.4 Å². The van der Waals surface area contributed by atoms with Gasteiger partial charge in [-0.1, -0.05) is 0 Å². The van der Waals surface area contributed by atoms with Gasteiger partial charge in [0.25, 0.3) is 0 Å². The fourth-order valence-corrected chi connectivity index (χ4v) is 0. The van der Waals surface area contributed by atoms with Crippen molar-refractivity contribution in [3.63, 3.8) is 0 Å². The summed E-state index contributed by atoms with van der Waals surface area (Å²) in [4.78, 5) is 23.3. The van der Waals surface area contributed by atoms with Crippen LogP contribution in [0.4, 0.5) is 0 Å². The first kappa shape index (κ1) is 6.41. The minimum Gasteiger partial charge on any atom is -0.367 e. The zero-order chi connectivity index (χ0) is 5.21. The highest BCUT2D eigenvalue weighted by atomic mass is 32.1. The molecule has 0 aliphatic heterocycles. The van der Waals surface area contributed by atoms with E-state index in [4.69, 9.17) is 14.4 Å². The lowest BCUT2D eigenvalue weighted by molar-refractivity contribution is 0.142. The second-order valence-corrected chi connectivity index (χ2v) is 2.54. The smallest absolute Gasteiger partial charge is 0.367 e. The molecule has 38 valence electrons. The molecule has 0 saturated heterocycles. The molecule has 0 aromatic heterocycles. The molecule has 0 spiro atoms. The molecular weight excluding hydrogens is 124 g/mol. The molecule has 0 amide bonds. The first-order valence-corrected chi connectivity index (χ1v) is 3.17. The largest absolute Gasteiger partial charge is 0.682 e. The van der Waals surface area contributed by atoms with Crippen molar-refractivity contribution in [2.24, 2.45) is 0 Å². The van der Waals surface area contributed by atoms with Crippen molar-refractivity contribution in [1.82, 2.24) is 0 Å². The lowest BCUT2D eigenvalue weighted by atomic mass is 15.7. The van der Waals surface area contributed by atoms with Crippen molar-refractivity contribution >= 4 is 22.0 Å². The van der Waals surface area contributed by atoms with Crippen LogP contribution in [0.25, 0.3) is 0 Å². The summed E-state index contributed by atoms with van der Waals surface area (Å²) in [5, 5.41) is 0. The van der Waals surface area contributed by atoms with Gasteiger partial charge >= 0.3 is 9.05 Å². The van der Waals surface area contributed by atoms with E-state index in [2.05, 4.69) is 16.8 Å². The van der Waals surface area contributed by atoms with Crippen molar-refractivity contribution in [3.8, 4) is 0 Å². The Kier molecular flexibility index (Phi) is 2.04. The van der Waals surface area contributed by atoms with Crippen molar-refractivity contribution < 1.29 is 18.3 Å². The molecular formula is H4O4SSi. The third-order valence-corrected chi connectivity index (χ3v) is 1.10. The number of thiol groups is 1. The molecule has 0 aromatic rings. The zero-order valence-corrected chi connectivity index (χ0v) is 4.59. The van der Waals surface area contributed by atoms with Crippen LogP contribution in [0.15, 0.2) is 0 Å². The van der Waals surface area contributed by atoms with Crippen LogP contribution >= 0.6 is 12.9 Å². The second kappa shape index (κ2) is 1.91. The van der Waals surface area contributed by atoms with Gasteiger partial charge in [-0.05, 0) is 12.9 Å². The number of rotatable bonds is 1. The van der Waals surface area contributed by atoms with Crippen LogP contribution < -0.4 is 0 Å². The van der Waals surface area contributed by atoms with Gasteiger partial charge in [0, 0.05) is 0 Å². The average molecular weight is 128 g/mol. The van der Waals surface area contributed by atoms with Crippen molar-refractivity contribution in [2.45, 2.75) is 0 Å². The van der Waals surface area contributed by atoms with Gasteiger partial charge in [0.05, 0.1) is 0 Å². The minimum atomic E-state index is -4.27. The molecule has 6 heavy (non-hydrogen) atoms. The van der Waals surface area contributed by atoms with Gasteiger partial charge in [-0.25, -0.2) is 0 Å². The summed E-state index contributed by atoms with van der Waals surface area (Å²) >= 11 is 2.91. The van der Waals surface area contributed by atoms with E-state index >= 15 is 0 Å². The maximum atomic E-state index is 7.78. The Hall–Kier alpha value is 0.407. The molecule has 0 saturated carbocycles. The van der Waals surface area contributed by atoms with Crippen LogP contribution in [-0.2, 0) is 3.87 Å². The molecule has 0 aliphatic carbocycles. The summed E-state index contributed by atoms with van der Waals surface area (Å²) in [7, 11) is -4.27. The summed E-state index contributed by atoms with van der Waals surface area (Å²) in [6, 6.07) is 0. The second-order valence-electron chi connectivity index (χ2n) is 0.665. The molecule has 0 heterocycles. The Morgan fingerprint density at radius 1 is 1.33 bits per heavy atom. The molecule has 6 heteroatoms. The van der Waals surface area contributed by atoms with E-state index in [0.29, 0.717) is 0 Å². The maximum Gasteiger partial charge on any atom is 0.682 e. The highest BCUT2D eigenvalue weighted by Gasteiger charge is 2.28. The van der Waals surface area contributed by atoms with Gasteiger partial charge in [-0.2, -0.15) is 0 Å². The SMILES string of the molecule is O[Si](O)(O)OS. The molecule has 0 radical (unpaired) electrons. The minimum absolute atomic E-state index is 2.91. The Labute approximate surface area is 41.1 Å². The lowest BCUT2D eigenvalue weighted by Gasteiger charge is -1.99. The Bertz CT molecular complexity index is 37.3. The van der Waals surface area contributed by atoms with E-state index in [1.165, 1.54) is 0 Å². The van der Waals surface area contributed by atoms with Crippen LogP contribution in [0, 0.1) is 0 Å². The van der Waals surface area contributed by atoms with Crippen LogP contribution in [0.3, 0.4) is 0 Å². The highest BCUT2D eigenvalue weighted by Crippen LogP contribution is 1.88. The van der Waals surface area contributed by atoms with Gasteiger partial charge in [-0.15, -0.1) is 0 Å². The highest BCUT2D eigenvalue weighted by molar-refractivity contribution is 7.76. The molecule has 3 N–H and O–H groups in total. The standard InChI is InChI=1S/H4O4SSi/c1-6(2,3)4-5/h1-3,5H. The fourth-order valence-electron chi connectivity index (χ4n) is 0. The summed E-state index contributed by atoms with van der Waals surface area (Å²) in [5.41, 5.74) is 0. The van der Waals surface area contributed by atoms with Crippen molar-refractivity contribution in [3.05, 3.63) is 0 Å². The summed E-state index contributed by atoms with van der Waals surface area (Å²) in [5.74, 6) is 0. The van der Waals surface area contributed by atoms with E-state index in [1.807, 2.05) is 0 Å². The lowest BCUT2D eigenvalue weighted by Crippen LogP contribution is -2.35. The molecule has 0 fully saturated rings. The number of hydrogen-bond acceptors (Lipinski definition) is 5. The quantitative estimate of drug-likeness (QED) is 0.192. The molecule has 4 nitrogen and oxygen atoms in total. The molecule has 0 aliphatic rings.